The van der Waals surface area contributed by atoms with Crippen molar-refractivity contribution in [2.24, 2.45) is 11.7 Å². The predicted molar refractivity (Wildman–Crippen MR) is 85.2 cm³/mol. The second-order valence-corrected chi connectivity index (χ2v) is 6.39. The van der Waals surface area contributed by atoms with E-state index < -0.39 is 0 Å². The molecule has 0 aliphatic heterocycles. The van der Waals surface area contributed by atoms with Crippen LogP contribution in [0.25, 0.3) is 0 Å². The molecule has 0 fully saturated rings. The van der Waals surface area contributed by atoms with E-state index in [-0.39, 0.29) is 17.9 Å². The van der Waals surface area contributed by atoms with Crippen LogP contribution in [0.3, 0.4) is 0 Å². The van der Waals surface area contributed by atoms with Crippen molar-refractivity contribution in [1.29, 1.82) is 0 Å². The third-order valence-electron chi connectivity index (χ3n) is 3.03. The zero-order chi connectivity index (χ0) is 14.4. The normalized spacial score (nSPS) is 12.4. The molecule has 0 aliphatic carbocycles. The highest BCUT2D eigenvalue weighted by atomic mass is 32.1. The third-order valence-corrected chi connectivity index (χ3v) is 4.18. The Balaban J connectivity index is 2.85. The number of hydrogen-bond acceptors (Lipinski definition) is 3. The topological polar surface area (TPSA) is 46.3 Å². The molecule has 0 bridgehead atoms. The maximum atomic E-state index is 12.6. The summed E-state index contributed by atoms with van der Waals surface area (Å²) < 4.78 is 0. The summed E-state index contributed by atoms with van der Waals surface area (Å²) in [4.78, 5) is 16.0. The van der Waals surface area contributed by atoms with Crippen LogP contribution in [0.5, 0.6) is 0 Å². The molecule has 1 heterocycles. The van der Waals surface area contributed by atoms with Crippen molar-refractivity contribution in [3.63, 3.8) is 0 Å². The molecule has 1 amide bonds. The lowest BCUT2D eigenvalue weighted by molar-refractivity contribution is -0.135. The van der Waals surface area contributed by atoms with Gasteiger partial charge < -0.3 is 10.6 Å². The van der Waals surface area contributed by atoms with E-state index in [1.54, 1.807) is 11.3 Å². The molecule has 0 aliphatic rings. The summed E-state index contributed by atoms with van der Waals surface area (Å²) >= 11 is 6.71. The predicted octanol–water partition coefficient (Wildman–Crippen LogP) is 3.19. The lowest BCUT2D eigenvalue weighted by Crippen LogP contribution is -2.44. The van der Waals surface area contributed by atoms with Crippen LogP contribution in [0.2, 0.25) is 0 Å². The van der Waals surface area contributed by atoms with E-state index in [9.17, 15) is 4.79 Å². The SMILES string of the molecule is CCCC(C(=O)N(Cc1cccs1)C(C)C)C(N)=S. The number of nitrogens with two attached hydrogens (primary N) is 1. The summed E-state index contributed by atoms with van der Waals surface area (Å²) in [7, 11) is 0. The van der Waals surface area contributed by atoms with E-state index in [4.69, 9.17) is 18.0 Å². The molecule has 0 spiro atoms. The Labute approximate surface area is 124 Å². The van der Waals surface area contributed by atoms with Gasteiger partial charge in [0.05, 0.1) is 17.5 Å². The van der Waals surface area contributed by atoms with Gasteiger partial charge in [-0.05, 0) is 31.7 Å². The zero-order valence-corrected chi connectivity index (χ0v) is 13.4. The van der Waals surface area contributed by atoms with E-state index in [0.29, 0.717) is 11.5 Å². The Kier molecular flexibility index (Phi) is 6.45. The molecule has 0 radical (unpaired) electrons. The minimum Gasteiger partial charge on any atom is -0.393 e. The standard InChI is InChI=1S/C14H22N2OS2/c1-4-6-12(13(15)18)14(17)16(10(2)3)9-11-7-5-8-19-11/h5,7-8,10,12H,4,6,9H2,1-3H3,(H2,15,18). The Morgan fingerprint density at radius 2 is 2.21 bits per heavy atom. The van der Waals surface area contributed by atoms with Crippen molar-refractivity contribution in [3.8, 4) is 0 Å². The van der Waals surface area contributed by atoms with Gasteiger partial charge in [0, 0.05) is 10.9 Å². The van der Waals surface area contributed by atoms with E-state index in [2.05, 4.69) is 0 Å². The van der Waals surface area contributed by atoms with Gasteiger partial charge in [0.15, 0.2) is 0 Å². The molecule has 3 nitrogen and oxygen atoms in total. The molecule has 1 atom stereocenters. The van der Waals surface area contributed by atoms with Gasteiger partial charge in [-0.1, -0.05) is 31.6 Å². The van der Waals surface area contributed by atoms with Gasteiger partial charge in [-0.15, -0.1) is 11.3 Å². The first kappa shape index (κ1) is 16.1. The number of carbonyl (C=O) groups excluding carboxylic acids is 1. The van der Waals surface area contributed by atoms with Gasteiger partial charge in [-0.3, -0.25) is 4.79 Å². The van der Waals surface area contributed by atoms with Gasteiger partial charge in [0.25, 0.3) is 0 Å². The molecule has 2 N–H and O–H groups in total. The van der Waals surface area contributed by atoms with E-state index >= 15 is 0 Å². The molecule has 0 aromatic carbocycles. The van der Waals surface area contributed by atoms with Crippen molar-refractivity contribution in [2.45, 2.75) is 46.2 Å². The van der Waals surface area contributed by atoms with Crippen LogP contribution in [-0.4, -0.2) is 21.8 Å². The van der Waals surface area contributed by atoms with Crippen molar-refractivity contribution in [3.05, 3.63) is 22.4 Å². The number of carbonyl (C=O) groups is 1. The summed E-state index contributed by atoms with van der Waals surface area (Å²) in [5.41, 5.74) is 5.72. The van der Waals surface area contributed by atoms with Crippen molar-refractivity contribution in [1.82, 2.24) is 4.90 Å². The molecule has 1 aromatic rings. The summed E-state index contributed by atoms with van der Waals surface area (Å²) in [5.74, 6) is -0.278. The third kappa shape index (κ3) is 4.58. The van der Waals surface area contributed by atoms with Crippen LogP contribution >= 0.6 is 23.6 Å². The van der Waals surface area contributed by atoms with E-state index in [1.807, 2.05) is 43.2 Å². The Morgan fingerprint density at radius 1 is 1.53 bits per heavy atom. The monoisotopic (exact) mass is 298 g/mol. The van der Waals surface area contributed by atoms with Crippen molar-refractivity contribution >= 4 is 34.5 Å². The van der Waals surface area contributed by atoms with Gasteiger partial charge in [0.1, 0.15) is 0 Å². The maximum absolute atomic E-state index is 12.6. The number of rotatable bonds is 7. The van der Waals surface area contributed by atoms with E-state index in [0.717, 1.165) is 12.8 Å². The molecular formula is C14H22N2OS2. The fourth-order valence-corrected chi connectivity index (χ4v) is 2.88. The molecule has 0 saturated carbocycles. The number of nitrogens with zero attached hydrogens (tertiary/aromatic N) is 1. The molecule has 5 heteroatoms. The largest absolute Gasteiger partial charge is 0.393 e. The van der Waals surface area contributed by atoms with Crippen LogP contribution in [-0.2, 0) is 11.3 Å². The molecule has 1 aromatic heterocycles. The first-order valence-corrected chi connectivity index (χ1v) is 7.88. The molecular weight excluding hydrogens is 276 g/mol. The molecule has 1 rings (SSSR count). The van der Waals surface area contributed by atoms with Crippen molar-refractivity contribution < 1.29 is 4.79 Å². The van der Waals surface area contributed by atoms with Crippen LogP contribution in [0.1, 0.15) is 38.5 Å². The summed E-state index contributed by atoms with van der Waals surface area (Å²) in [6.45, 7) is 6.72. The summed E-state index contributed by atoms with van der Waals surface area (Å²) in [6.07, 6.45) is 1.63. The first-order chi connectivity index (χ1) is 8.97. The fraction of sp³-hybridized carbons (Fsp3) is 0.571. The Morgan fingerprint density at radius 3 is 2.63 bits per heavy atom. The summed E-state index contributed by atoms with van der Waals surface area (Å²) in [6, 6.07) is 4.19. The van der Waals surface area contributed by atoms with Crippen LogP contribution in [0.4, 0.5) is 0 Å². The van der Waals surface area contributed by atoms with Crippen LogP contribution in [0, 0.1) is 5.92 Å². The van der Waals surface area contributed by atoms with Crippen LogP contribution in [0.15, 0.2) is 17.5 Å². The average molecular weight is 298 g/mol. The van der Waals surface area contributed by atoms with Gasteiger partial charge in [-0.2, -0.15) is 0 Å². The number of amides is 1. The first-order valence-electron chi connectivity index (χ1n) is 6.59. The van der Waals surface area contributed by atoms with Gasteiger partial charge in [-0.25, -0.2) is 0 Å². The molecule has 106 valence electrons. The quantitative estimate of drug-likeness (QED) is 0.786. The van der Waals surface area contributed by atoms with Gasteiger partial charge in [0.2, 0.25) is 5.91 Å². The van der Waals surface area contributed by atoms with Gasteiger partial charge >= 0.3 is 0 Å². The number of thiocarbonyl (C=S) groups is 1. The van der Waals surface area contributed by atoms with Crippen molar-refractivity contribution in [2.75, 3.05) is 0 Å². The smallest absolute Gasteiger partial charge is 0.233 e. The highest BCUT2D eigenvalue weighted by Crippen LogP contribution is 2.19. The highest BCUT2D eigenvalue weighted by molar-refractivity contribution is 7.80. The second-order valence-electron chi connectivity index (χ2n) is 4.88. The van der Waals surface area contributed by atoms with Crippen LogP contribution < -0.4 is 5.73 Å². The maximum Gasteiger partial charge on any atom is 0.233 e. The molecule has 19 heavy (non-hydrogen) atoms. The molecule has 1 unspecified atom stereocenters. The summed E-state index contributed by atoms with van der Waals surface area (Å²) in [5, 5.41) is 2.02. The number of hydrogen-bond donors (Lipinski definition) is 1. The lowest BCUT2D eigenvalue weighted by Gasteiger charge is -2.30. The lowest BCUT2D eigenvalue weighted by atomic mass is 10.0. The highest BCUT2D eigenvalue weighted by Gasteiger charge is 2.27. The van der Waals surface area contributed by atoms with E-state index in [1.165, 1.54) is 4.88 Å². The number of thiophene rings is 1. The minimum absolute atomic E-state index is 0.0535. The molecule has 0 saturated heterocycles. The fourth-order valence-electron chi connectivity index (χ4n) is 1.96. The average Bonchev–Trinajstić information content (AvgIpc) is 2.84. The Bertz CT molecular complexity index is 415. The zero-order valence-electron chi connectivity index (χ0n) is 11.8. The second kappa shape index (κ2) is 7.60. The minimum atomic E-state index is -0.331. The Hall–Kier alpha value is -0.940.